The largest absolute Gasteiger partial charge is 0.435 e. The van der Waals surface area contributed by atoms with E-state index in [-0.39, 0.29) is 6.07 Å². The van der Waals surface area contributed by atoms with Gasteiger partial charge in [0.15, 0.2) is 0 Å². The molecule has 0 radical (unpaired) electrons. The van der Waals surface area contributed by atoms with E-state index in [0.717, 1.165) is 6.92 Å². The highest BCUT2D eigenvalue weighted by atomic mass is 19.5. The van der Waals surface area contributed by atoms with Gasteiger partial charge in [0.05, 0.1) is 12.2 Å². The Morgan fingerprint density at radius 3 is 0.912 bits per heavy atom. The molecule has 0 amide bonds. The van der Waals surface area contributed by atoms with E-state index in [1.807, 2.05) is 0 Å². The van der Waals surface area contributed by atoms with Gasteiger partial charge in [0, 0.05) is 36.8 Å². The minimum Gasteiger partial charge on any atom is -0.377 e. The molecule has 2 nitrogen and oxygen atoms in total. The molecular formula is C30H21F25O2. The minimum atomic E-state index is -7.32. The van der Waals surface area contributed by atoms with Gasteiger partial charge in [-0.3, -0.25) is 0 Å². The summed E-state index contributed by atoms with van der Waals surface area (Å²) in [6.07, 6.45) is -57.0. The van der Waals surface area contributed by atoms with Crippen LogP contribution in [0.25, 0.3) is 0 Å². The zero-order chi connectivity index (χ0) is 45.2. The van der Waals surface area contributed by atoms with Crippen LogP contribution in [0.3, 0.4) is 0 Å². The second kappa shape index (κ2) is 15.0. The molecule has 2 aromatic rings. The summed E-state index contributed by atoms with van der Waals surface area (Å²) in [4.78, 5) is 0. The minimum absolute atomic E-state index is 0.247. The molecule has 0 saturated heterocycles. The van der Waals surface area contributed by atoms with Crippen molar-refractivity contribution in [2.75, 3.05) is 13.7 Å². The molecule has 0 spiro atoms. The van der Waals surface area contributed by atoms with Crippen molar-refractivity contribution in [2.45, 2.75) is 98.4 Å². The van der Waals surface area contributed by atoms with E-state index in [2.05, 4.69) is 0 Å². The molecular weight excluding hydrogens is 867 g/mol. The molecule has 0 bridgehead atoms. The lowest BCUT2D eigenvalue weighted by Crippen LogP contribution is -2.52. The van der Waals surface area contributed by atoms with Crippen LogP contribution in [0.1, 0.15) is 65.9 Å². The van der Waals surface area contributed by atoms with Crippen molar-refractivity contribution in [2.24, 2.45) is 0 Å². The molecule has 0 aliphatic rings. The summed E-state index contributed by atoms with van der Waals surface area (Å²) < 4.78 is 357. The average molecular weight is 888 g/mol. The molecule has 0 N–H and O–H groups in total. The molecule has 2 rings (SSSR count). The molecule has 0 saturated carbocycles. The van der Waals surface area contributed by atoms with Crippen molar-refractivity contribution in [1.82, 2.24) is 0 Å². The number of methoxy groups -OCH3 is 1. The SMILES string of the molecule is CCOC(CC(OC)c1cc(C(C)(F)C(F)(F)F)cc(C(F)(C(F)(F)F)C(F)(F)F)c1)c1cc(C(F)(C(F)(F)F)C(F)(F)F)cc(C(F)(C(F)(F)F)C(F)(F)F)c1. The maximum absolute atomic E-state index is 15.2. The fourth-order valence-corrected chi connectivity index (χ4v) is 5.23. The smallest absolute Gasteiger partial charge is 0.377 e. The maximum atomic E-state index is 15.2. The Kier molecular flexibility index (Phi) is 13.1. The lowest BCUT2D eigenvalue weighted by atomic mass is 9.83. The summed E-state index contributed by atoms with van der Waals surface area (Å²) in [5.74, 6) is 0. The number of halogens is 25. The predicted molar refractivity (Wildman–Crippen MR) is 141 cm³/mol. The molecule has 57 heavy (non-hydrogen) atoms. The van der Waals surface area contributed by atoms with Crippen LogP contribution < -0.4 is 0 Å². The highest BCUT2D eigenvalue weighted by molar-refractivity contribution is 5.43. The van der Waals surface area contributed by atoms with Crippen molar-refractivity contribution in [3.8, 4) is 0 Å². The zero-order valence-electron chi connectivity index (χ0n) is 27.8. The Morgan fingerprint density at radius 2 is 0.667 bits per heavy atom. The summed E-state index contributed by atoms with van der Waals surface area (Å²) in [7, 11) is 0.330. The molecule has 0 heterocycles. The number of ether oxygens (including phenoxy) is 2. The third-order valence-electron chi connectivity index (χ3n) is 8.35. The Hall–Kier alpha value is -3.39. The normalized spacial score (nSPS) is 17.1. The van der Waals surface area contributed by atoms with Gasteiger partial charge in [-0.1, -0.05) is 0 Å². The highest BCUT2D eigenvalue weighted by Crippen LogP contribution is 2.59. The molecule has 3 unspecified atom stereocenters. The number of benzene rings is 2. The average Bonchev–Trinajstić information content (AvgIpc) is 3.01. The van der Waals surface area contributed by atoms with Crippen LogP contribution in [0.15, 0.2) is 36.4 Å². The van der Waals surface area contributed by atoms with Gasteiger partial charge in [-0.2, -0.15) is 92.2 Å². The molecule has 328 valence electrons. The van der Waals surface area contributed by atoms with Crippen LogP contribution in [-0.4, -0.2) is 57.0 Å². The molecule has 0 aliphatic carbocycles. The van der Waals surface area contributed by atoms with Crippen LogP contribution in [-0.2, 0) is 32.1 Å². The highest BCUT2D eigenvalue weighted by Gasteiger charge is 2.77. The number of alkyl halides is 25. The number of hydrogen-bond donors (Lipinski definition) is 0. The van der Waals surface area contributed by atoms with Gasteiger partial charge in [-0.15, -0.1) is 0 Å². The van der Waals surface area contributed by atoms with Crippen molar-refractivity contribution < 1.29 is 119 Å². The van der Waals surface area contributed by atoms with Gasteiger partial charge in [0.1, 0.15) is 0 Å². The third-order valence-corrected chi connectivity index (χ3v) is 8.35. The van der Waals surface area contributed by atoms with Crippen molar-refractivity contribution in [3.05, 3.63) is 69.8 Å². The predicted octanol–water partition coefficient (Wildman–Crippen LogP) is 13.2. The van der Waals surface area contributed by atoms with E-state index in [1.54, 1.807) is 0 Å². The topological polar surface area (TPSA) is 18.5 Å². The van der Waals surface area contributed by atoms with Crippen molar-refractivity contribution in [3.63, 3.8) is 0 Å². The summed E-state index contributed by atoms with van der Waals surface area (Å²) in [6, 6.07) is -4.70. The zero-order valence-corrected chi connectivity index (χ0v) is 27.8. The molecule has 2 aromatic carbocycles. The monoisotopic (exact) mass is 888 g/mol. The van der Waals surface area contributed by atoms with Gasteiger partial charge >= 0.3 is 60.2 Å². The summed E-state index contributed by atoms with van der Waals surface area (Å²) in [5, 5.41) is 0. The fraction of sp³-hybridized carbons (Fsp3) is 0.600. The van der Waals surface area contributed by atoms with Crippen molar-refractivity contribution >= 4 is 0 Å². The van der Waals surface area contributed by atoms with Crippen LogP contribution in [0.5, 0.6) is 0 Å². The Balaban J connectivity index is 3.19. The first kappa shape index (κ1) is 49.8. The first-order valence-electron chi connectivity index (χ1n) is 14.7. The molecule has 3 atom stereocenters. The quantitative estimate of drug-likeness (QED) is 0.209. The Bertz CT molecular complexity index is 1610. The van der Waals surface area contributed by atoms with Gasteiger partial charge in [0.2, 0.25) is 5.67 Å². The summed E-state index contributed by atoms with van der Waals surface area (Å²) in [5.41, 5.74) is -40.6. The van der Waals surface area contributed by atoms with E-state index in [0.29, 0.717) is 7.11 Å². The second-order valence-corrected chi connectivity index (χ2v) is 12.1. The molecule has 0 aromatic heterocycles. The number of hydrogen-bond acceptors (Lipinski definition) is 2. The lowest BCUT2D eigenvalue weighted by molar-refractivity contribution is -0.351. The van der Waals surface area contributed by atoms with E-state index in [9.17, 15) is 92.2 Å². The first-order valence-corrected chi connectivity index (χ1v) is 14.7. The van der Waals surface area contributed by atoms with Gasteiger partial charge in [-0.25, -0.2) is 17.6 Å². The Morgan fingerprint density at radius 1 is 0.404 bits per heavy atom. The van der Waals surface area contributed by atoms with Gasteiger partial charge in [0.25, 0.3) is 0 Å². The van der Waals surface area contributed by atoms with Gasteiger partial charge in [-0.05, 0) is 66.9 Å². The van der Waals surface area contributed by atoms with E-state index < -0.39 is 162 Å². The summed E-state index contributed by atoms with van der Waals surface area (Å²) >= 11 is 0. The number of rotatable bonds is 11. The van der Waals surface area contributed by atoms with Crippen LogP contribution in [0.2, 0.25) is 0 Å². The first-order chi connectivity index (χ1) is 25.0. The molecule has 0 fully saturated rings. The second-order valence-electron chi connectivity index (χ2n) is 12.1. The van der Waals surface area contributed by atoms with Crippen LogP contribution in [0.4, 0.5) is 110 Å². The standard InChI is InChI=1S/C30H21F25O2/c1-4-57-19(13-7-16(22(33,27(44,45)46)28(47,48)49)10-17(8-13)23(34,29(50,51)52)30(53,54)55)11-18(56-3)12-5-14(20(2,31)24(35,36)37)9-15(6-12)21(32,25(38,39)40)26(41,42)43/h5-10,18-19H,4,11H2,1-3H3. The van der Waals surface area contributed by atoms with E-state index >= 15 is 17.6 Å². The third kappa shape index (κ3) is 8.68. The van der Waals surface area contributed by atoms with Crippen LogP contribution in [0, 0.1) is 0 Å². The maximum Gasteiger partial charge on any atom is 0.435 e. The van der Waals surface area contributed by atoms with Crippen LogP contribution >= 0.6 is 0 Å². The van der Waals surface area contributed by atoms with Gasteiger partial charge < -0.3 is 9.47 Å². The van der Waals surface area contributed by atoms with Crippen molar-refractivity contribution in [1.29, 1.82) is 0 Å². The lowest BCUT2D eigenvalue weighted by Gasteiger charge is -2.35. The fourth-order valence-electron chi connectivity index (χ4n) is 5.23. The molecule has 0 aliphatic heterocycles. The summed E-state index contributed by atoms with van der Waals surface area (Å²) in [6.45, 7) is -0.711. The van der Waals surface area contributed by atoms with E-state index in [4.69, 9.17) is 9.47 Å². The Labute approximate surface area is 301 Å². The van der Waals surface area contributed by atoms with E-state index in [1.165, 1.54) is 0 Å². The molecule has 27 heteroatoms.